The normalized spacial score (nSPS) is 39.4. The Hall–Kier alpha value is -1.82. The Morgan fingerprint density at radius 1 is 1.05 bits per heavy atom. The lowest BCUT2D eigenvalue weighted by molar-refractivity contribution is -0.0158. The summed E-state index contributed by atoms with van der Waals surface area (Å²) in [5.74, 6) is 1.76. The lowest BCUT2D eigenvalue weighted by Crippen LogP contribution is -2.62. The van der Waals surface area contributed by atoms with Gasteiger partial charge in [0.05, 0.1) is 0 Å². The summed E-state index contributed by atoms with van der Waals surface area (Å²) in [6.07, 6.45) is 18.7. The summed E-state index contributed by atoms with van der Waals surface area (Å²) in [5.41, 5.74) is 19.2. The highest BCUT2D eigenvalue weighted by Gasteiger charge is 2.65. The first kappa shape index (κ1) is 28.7. The first-order chi connectivity index (χ1) is 18.5. The van der Waals surface area contributed by atoms with Crippen molar-refractivity contribution in [1.82, 2.24) is 0 Å². The van der Waals surface area contributed by atoms with Gasteiger partial charge in [0.15, 0.2) is 0 Å². The van der Waals surface area contributed by atoms with Gasteiger partial charge in [-0.05, 0) is 134 Å². The van der Waals surface area contributed by atoms with E-state index in [1.807, 2.05) is 0 Å². The van der Waals surface area contributed by atoms with Crippen molar-refractivity contribution in [2.24, 2.45) is 33.8 Å². The fraction of sp³-hybridized carbons (Fsp3) is 0.658. The molecule has 7 atom stereocenters. The summed E-state index contributed by atoms with van der Waals surface area (Å²) in [6.45, 7) is 20.2. The number of fused-ring (bicyclic) bond motifs is 4. The Morgan fingerprint density at radius 2 is 1.79 bits per heavy atom. The van der Waals surface area contributed by atoms with Crippen molar-refractivity contribution in [3.63, 3.8) is 0 Å². The van der Waals surface area contributed by atoms with Crippen LogP contribution in [-0.2, 0) is 0 Å². The molecule has 4 aliphatic rings. The second kappa shape index (κ2) is 10.5. The number of unbranched alkanes of at least 4 members (excludes halogenated alkanes) is 1. The average Bonchev–Trinajstić information content (AvgIpc) is 3.19. The average molecular weight is 526 g/mol. The molecular weight excluding hydrogens is 470 g/mol. The van der Waals surface area contributed by atoms with Crippen molar-refractivity contribution in [2.75, 3.05) is 0 Å². The van der Waals surface area contributed by atoms with E-state index < -0.39 is 0 Å². The van der Waals surface area contributed by atoms with Crippen LogP contribution in [0.5, 0.6) is 0 Å². The lowest BCUT2D eigenvalue weighted by atomic mass is 9.45. The highest BCUT2D eigenvalue weighted by molar-refractivity contribution is 5.63. The predicted octanol–water partition coefficient (Wildman–Crippen LogP) is 10.5. The number of hydrogen-bond donors (Lipinski definition) is 1. The van der Waals surface area contributed by atoms with Gasteiger partial charge in [-0.1, -0.05) is 76.6 Å². The van der Waals surface area contributed by atoms with Gasteiger partial charge in [0.25, 0.3) is 0 Å². The molecule has 3 fully saturated rings. The van der Waals surface area contributed by atoms with E-state index in [4.69, 9.17) is 5.73 Å². The Labute approximate surface area is 240 Å². The van der Waals surface area contributed by atoms with Crippen LogP contribution in [0.4, 0.5) is 0 Å². The van der Waals surface area contributed by atoms with E-state index in [1.165, 1.54) is 88.2 Å². The third-order valence-corrected chi connectivity index (χ3v) is 12.7. The number of nitrogens with two attached hydrogens (primary N) is 1. The van der Waals surface area contributed by atoms with Crippen LogP contribution in [0.1, 0.15) is 135 Å². The fourth-order valence-corrected chi connectivity index (χ4v) is 10.3. The molecule has 1 aromatic rings. The highest BCUT2D eigenvalue weighted by atomic mass is 14.9. The minimum absolute atomic E-state index is 0.159. The van der Waals surface area contributed by atoms with E-state index >= 15 is 0 Å². The van der Waals surface area contributed by atoms with Gasteiger partial charge in [-0.25, -0.2) is 0 Å². The summed E-state index contributed by atoms with van der Waals surface area (Å²) in [7, 11) is 0. The molecule has 4 aliphatic carbocycles. The van der Waals surface area contributed by atoms with Crippen LogP contribution in [0, 0.1) is 28.1 Å². The minimum atomic E-state index is -0.159. The molecule has 1 heteroatoms. The Balaban J connectivity index is 1.62. The zero-order valence-electron chi connectivity index (χ0n) is 25.8. The molecule has 0 bridgehead atoms. The van der Waals surface area contributed by atoms with E-state index in [2.05, 4.69) is 83.8 Å². The molecule has 5 rings (SSSR count). The van der Waals surface area contributed by atoms with Crippen molar-refractivity contribution in [2.45, 2.75) is 130 Å². The van der Waals surface area contributed by atoms with E-state index in [-0.39, 0.29) is 11.0 Å². The van der Waals surface area contributed by atoms with Crippen LogP contribution in [0.2, 0.25) is 0 Å². The highest BCUT2D eigenvalue weighted by Crippen LogP contribution is 2.71. The SMILES string of the molecule is C=C=C(C)c1ccc(C2CC3(C)C(CCC3(C)CCCC=C)C3(N)CCC4CC(C)(CCC)CCC4=C23)cc1. The Kier molecular flexibility index (Phi) is 7.76. The first-order valence-corrected chi connectivity index (χ1v) is 16.1. The molecule has 2 N–H and O–H groups in total. The summed E-state index contributed by atoms with van der Waals surface area (Å²) in [5, 5.41) is 0. The molecule has 0 aliphatic heterocycles. The van der Waals surface area contributed by atoms with Crippen LogP contribution in [0.3, 0.4) is 0 Å². The molecule has 0 heterocycles. The second-order valence-corrected chi connectivity index (χ2v) is 14.9. The molecule has 0 aromatic heterocycles. The number of allylic oxidation sites excluding steroid dienone is 3. The quantitative estimate of drug-likeness (QED) is 0.204. The van der Waals surface area contributed by atoms with Gasteiger partial charge in [-0.15, -0.1) is 12.3 Å². The van der Waals surface area contributed by atoms with E-state index in [1.54, 1.807) is 11.1 Å². The van der Waals surface area contributed by atoms with Gasteiger partial charge in [-0.3, -0.25) is 0 Å². The van der Waals surface area contributed by atoms with Gasteiger partial charge in [0.1, 0.15) is 0 Å². The molecular formula is C38H55N. The largest absolute Gasteiger partial charge is 0.321 e. The monoisotopic (exact) mass is 525 g/mol. The van der Waals surface area contributed by atoms with Crippen LogP contribution >= 0.6 is 0 Å². The van der Waals surface area contributed by atoms with Gasteiger partial charge in [-0.2, -0.15) is 0 Å². The van der Waals surface area contributed by atoms with Crippen LogP contribution in [-0.4, -0.2) is 5.54 Å². The van der Waals surface area contributed by atoms with Gasteiger partial charge in [0, 0.05) is 11.5 Å². The molecule has 7 unspecified atom stereocenters. The molecule has 0 spiro atoms. The van der Waals surface area contributed by atoms with E-state index in [9.17, 15) is 0 Å². The second-order valence-electron chi connectivity index (χ2n) is 14.9. The number of benzene rings is 1. The Bertz CT molecular complexity index is 1160. The van der Waals surface area contributed by atoms with E-state index in [0.717, 1.165) is 17.9 Å². The van der Waals surface area contributed by atoms with Gasteiger partial charge < -0.3 is 5.73 Å². The molecule has 1 nitrogen and oxygen atoms in total. The maximum atomic E-state index is 7.87. The van der Waals surface area contributed by atoms with E-state index in [0.29, 0.717) is 22.7 Å². The predicted molar refractivity (Wildman–Crippen MR) is 169 cm³/mol. The zero-order valence-corrected chi connectivity index (χ0v) is 25.8. The van der Waals surface area contributed by atoms with Gasteiger partial charge in [0.2, 0.25) is 0 Å². The summed E-state index contributed by atoms with van der Waals surface area (Å²) in [4.78, 5) is 0. The molecule has 1 aromatic carbocycles. The molecule has 0 saturated heterocycles. The first-order valence-electron chi connectivity index (χ1n) is 16.1. The topological polar surface area (TPSA) is 26.0 Å². The van der Waals surface area contributed by atoms with Crippen molar-refractivity contribution in [1.29, 1.82) is 0 Å². The van der Waals surface area contributed by atoms with Gasteiger partial charge >= 0.3 is 0 Å². The molecule has 0 radical (unpaired) electrons. The fourth-order valence-electron chi connectivity index (χ4n) is 10.3. The van der Waals surface area contributed by atoms with Crippen molar-refractivity contribution < 1.29 is 0 Å². The van der Waals surface area contributed by atoms with Crippen LogP contribution in [0.15, 0.2) is 60.4 Å². The van der Waals surface area contributed by atoms with Crippen molar-refractivity contribution in [3.8, 4) is 0 Å². The number of hydrogen-bond acceptors (Lipinski definition) is 1. The molecule has 212 valence electrons. The number of rotatable bonds is 8. The smallest absolute Gasteiger partial charge is 0.0411 e. The summed E-state index contributed by atoms with van der Waals surface area (Å²) >= 11 is 0. The van der Waals surface area contributed by atoms with Crippen LogP contribution < -0.4 is 5.73 Å². The Morgan fingerprint density at radius 3 is 2.46 bits per heavy atom. The van der Waals surface area contributed by atoms with Crippen molar-refractivity contribution in [3.05, 3.63) is 71.5 Å². The van der Waals surface area contributed by atoms with Crippen molar-refractivity contribution >= 4 is 5.57 Å². The minimum Gasteiger partial charge on any atom is -0.321 e. The zero-order chi connectivity index (χ0) is 28.1. The standard InChI is InChI=1S/C38H55N/c1-8-11-12-21-36(6)23-19-33-37(36,7)26-32(29-15-13-28(14-16-29)27(4)10-3)34-31-18-22-35(5,20-9-2)25-30(31)17-24-38(33,34)39/h8,13-16,30,32-33H,1,3,9,11-12,17-26,39H2,2,4-7H3. The molecule has 39 heavy (non-hydrogen) atoms. The third-order valence-electron chi connectivity index (χ3n) is 12.7. The molecule has 3 saturated carbocycles. The summed E-state index contributed by atoms with van der Waals surface area (Å²) in [6, 6.07) is 9.43. The lowest BCUT2D eigenvalue weighted by Gasteiger charge is -2.61. The molecule has 0 amide bonds. The van der Waals surface area contributed by atoms with Crippen LogP contribution in [0.25, 0.3) is 5.57 Å². The maximum absolute atomic E-state index is 7.87. The maximum Gasteiger partial charge on any atom is 0.0411 e. The summed E-state index contributed by atoms with van der Waals surface area (Å²) < 4.78 is 0. The third kappa shape index (κ3) is 4.67.